The van der Waals surface area contributed by atoms with Gasteiger partial charge < -0.3 is 5.11 Å². The van der Waals surface area contributed by atoms with Crippen molar-refractivity contribution in [1.82, 2.24) is 0 Å². The highest BCUT2D eigenvalue weighted by atomic mass is 32.1. The maximum atomic E-state index is 10.7. The quantitative estimate of drug-likeness (QED) is 0.832. The molecular formula is C18H25NOS. The summed E-state index contributed by atoms with van der Waals surface area (Å²) < 4.78 is 0. The fourth-order valence-electron chi connectivity index (χ4n) is 4.19. The Balaban J connectivity index is 1.48. The Kier molecular flexibility index (Phi) is 4.66. The predicted molar refractivity (Wildman–Crippen MR) is 86.1 cm³/mol. The van der Waals surface area contributed by atoms with Gasteiger partial charge in [-0.3, -0.25) is 0 Å². The number of thiophene rings is 1. The number of aliphatic hydroxyl groups excluding tert-OH is 1. The van der Waals surface area contributed by atoms with E-state index in [4.69, 9.17) is 5.26 Å². The minimum absolute atomic E-state index is 0.0685. The molecule has 0 aromatic carbocycles. The van der Waals surface area contributed by atoms with Crippen LogP contribution in [-0.2, 0) is 5.41 Å². The van der Waals surface area contributed by atoms with Gasteiger partial charge in [0, 0.05) is 16.2 Å². The van der Waals surface area contributed by atoms with Gasteiger partial charge in [0.1, 0.15) is 0 Å². The lowest BCUT2D eigenvalue weighted by Crippen LogP contribution is -2.44. The number of aliphatic hydroxyl groups is 1. The smallest absolute Gasteiger partial charge is 0.0655 e. The zero-order valence-electron chi connectivity index (χ0n) is 12.6. The Labute approximate surface area is 131 Å². The monoisotopic (exact) mass is 303 g/mol. The molecule has 0 spiro atoms. The largest absolute Gasteiger partial charge is 0.392 e. The summed E-state index contributed by atoms with van der Waals surface area (Å²) in [7, 11) is 0. The standard InChI is InChI=1S/C18H25NOS/c19-13-15-8-7-14(12-15)4-1-5-16(20)18(9-3-10-18)17-6-2-11-21-17/h2,6,11,14-16,20H,1,3-5,7-10,12H2. The maximum absolute atomic E-state index is 10.7. The van der Waals surface area contributed by atoms with E-state index in [-0.39, 0.29) is 11.5 Å². The third-order valence-corrected chi connectivity index (χ3v) is 6.80. The molecule has 0 radical (unpaired) electrons. The lowest BCUT2D eigenvalue weighted by Gasteiger charge is -2.45. The highest BCUT2D eigenvalue weighted by Gasteiger charge is 2.45. The summed E-state index contributed by atoms with van der Waals surface area (Å²) in [5, 5.41) is 21.8. The third-order valence-electron chi connectivity index (χ3n) is 5.71. The van der Waals surface area contributed by atoms with Gasteiger partial charge in [0.05, 0.1) is 12.2 Å². The van der Waals surface area contributed by atoms with Crippen molar-refractivity contribution in [3.05, 3.63) is 22.4 Å². The average Bonchev–Trinajstić information content (AvgIpc) is 3.09. The molecule has 3 heteroatoms. The minimum atomic E-state index is -0.182. The first-order valence-electron chi connectivity index (χ1n) is 8.36. The Morgan fingerprint density at radius 3 is 2.86 bits per heavy atom. The summed E-state index contributed by atoms with van der Waals surface area (Å²) >= 11 is 1.80. The van der Waals surface area contributed by atoms with Crippen molar-refractivity contribution in [1.29, 1.82) is 5.26 Å². The van der Waals surface area contributed by atoms with E-state index >= 15 is 0 Å². The number of nitriles is 1. The van der Waals surface area contributed by atoms with Gasteiger partial charge in [-0.1, -0.05) is 25.3 Å². The van der Waals surface area contributed by atoms with Gasteiger partial charge in [0.25, 0.3) is 0 Å². The molecule has 2 fully saturated rings. The highest BCUT2D eigenvalue weighted by Crippen LogP contribution is 2.49. The van der Waals surface area contributed by atoms with Gasteiger partial charge in [0.15, 0.2) is 0 Å². The van der Waals surface area contributed by atoms with E-state index in [2.05, 4.69) is 23.6 Å². The van der Waals surface area contributed by atoms with Crippen LogP contribution in [0.3, 0.4) is 0 Å². The highest BCUT2D eigenvalue weighted by molar-refractivity contribution is 7.10. The summed E-state index contributed by atoms with van der Waals surface area (Å²) in [6.45, 7) is 0. The van der Waals surface area contributed by atoms with Gasteiger partial charge in [-0.15, -0.1) is 11.3 Å². The molecule has 2 aliphatic rings. The van der Waals surface area contributed by atoms with Gasteiger partial charge in [-0.05, 0) is 55.9 Å². The average molecular weight is 303 g/mol. The van der Waals surface area contributed by atoms with Crippen LogP contribution in [0.4, 0.5) is 0 Å². The molecule has 2 saturated carbocycles. The molecule has 1 aromatic rings. The lowest BCUT2D eigenvalue weighted by atomic mass is 9.63. The van der Waals surface area contributed by atoms with Crippen LogP contribution >= 0.6 is 11.3 Å². The SMILES string of the molecule is N#CC1CCC(CCCC(O)C2(c3cccs3)CCC2)C1. The molecule has 2 nitrogen and oxygen atoms in total. The molecule has 2 aliphatic carbocycles. The molecule has 1 aromatic heterocycles. The summed E-state index contributed by atoms with van der Waals surface area (Å²) in [5.41, 5.74) is 0.0685. The first kappa shape index (κ1) is 15.1. The van der Waals surface area contributed by atoms with Crippen molar-refractivity contribution in [2.24, 2.45) is 11.8 Å². The number of hydrogen-bond donors (Lipinski definition) is 1. The summed E-state index contributed by atoms with van der Waals surface area (Å²) in [6, 6.07) is 6.71. The van der Waals surface area contributed by atoms with Gasteiger partial charge in [-0.2, -0.15) is 5.26 Å². The maximum Gasteiger partial charge on any atom is 0.0655 e. The van der Waals surface area contributed by atoms with E-state index in [0.717, 1.165) is 44.4 Å². The Morgan fingerprint density at radius 1 is 1.43 bits per heavy atom. The van der Waals surface area contributed by atoms with Crippen molar-refractivity contribution >= 4 is 11.3 Å². The molecule has 0 bridgehead atoms. The second kappa shape index (κ2) is 6.50. The van der Waals surface area contributed by atoms with Crippen molar-refractivity contribution in [2.45, 2.75) is 69.3 Å². The van der Waals surface area contributed by atoms with Crippen molar-refractivity contribution in [3.8, 4) is 6.07 Å². The zero-order valence-corrected chi connectivity index (χ0v) is 13.4. The molecule has 0 aliphatic heterocycles. The fourth-order valence-corrected chi connectivity index (χ4v) is 5.23. The molecule has 0 amide bonds. The fraction of sp³-hybridized carbons (Fsp3) is 0.722. The number of hydrogen-bond acceptors (Lipinski definition) is 3. The molecule has 1 N–H and O–H groups in total. The molecule has 1 heterocycles. The number of rotatable bonds is 6. The predicted octanol–water partition coefficient (Wildman–Crippen LogP) is 4.64. The second-order valence-electron chi connectivity index (χ2n) is 6.94. The molecule has 3 rings (SSSR count). The first-order valence-corrected chi connectivity index (χ1v) is 9.24. The van der Waals surface area contributed by atoms with Gasteiger partial charge in [-0.25, -0.2) is 0 Å². The molecule has 114 valence electrons. The Bertz CT molecular complexity index is 486. The minimum Gasteiger partial charge on any atom is -0.392 e. The molecule has 0 saturated heterocycles. The third kappa shape index (κ3) is 3.03. The van der Waals surface area contributed by atoms with Crippen molar-refractivity contribution in [3.63, 3.8) is 0 Å². The van der Waals surface area contributed by atoms with Crippen LogP contribution < -0.4 is 0 Å². The second-order valence-corrected chi connectivity index (χ2v) is 7.89. The Hall–Kier alpha value is -0.850. The van der Waals surface area contributed by atoms with Crippen LogP contribution in [0.25, 0.3) is 0 Å². The zero-order chi connectivity index (χ0) is 14.7. The van der Waals surface area contributed by atoms with E-state index in [1.165, 1.54) is 24.1 Å². The lowest BCUT2D eigenvalue weighted by molar-refractivity contribution is 0.0221. The number of nitrogens with zero attached hydrogens (tertiary/aromatic N) is 1. The molecule has 21 heavy (non-hydrogen) atoms. The van der Waals surface area contributed by atoms with Crippen molar-refractivity contribution in [2.75, 3.05) is 0 Å². The normalized spacial score (nSPS) is 28.8. The van der Waals surface area contributed by atoms with Crippen LogP contribution in [0.15, 0.2) is 17.5 Å². The van der Waals surface area contributed by atoms with E-state index < -0.39 is 0 Å². The van der Waals surface area contributed by atoms with E-state index in [1.54, 1.807) is 11.3 Å². The van der Waals surface area contributed by atoms with E-state index in [1.807, 2.05) is 0 Å². The molecule has 3 atom stereocenters. The van der Waals surface area contributed by atoms with Crippen LogP contribution in [0.2, 0.25) is 0 Å². The first-order chi connectivity index (χ1) is 10.2. The van der Waals surface area contributed by atoms with Crippen LogP contribution in [0.5, 0.6) is 0 Å². The molecule has 3 unspecified atom stereocenters. The Morgan fingerprint density at radius 2 is 2.29 bits per heavy atom. The van der Waals surface area contributed by atoms with E-state index in [9.17, 15) is 5.11 Å². The van der Waals surface area contributed by atoms with Gasteiger partial charge >= 0.3 is 0 Å². The van der Waals surface area contributed by atoms with Crippen LogP contribution in [-0.4, -0.2) is 11.2 Å². The topological polar surface area (TPSA) is 44.0 Å². The van der Waals surface area contributed by atoms with Crippen molar-refractivity contribution < 1.29 is 5.11 Å². The summed E-state index contributed by atoms with van der Waals surface area (Å²) in [6.07, 6.45) is 9.97. The summed E-state index contributed by atoms with van der Waals surface area (Å²) in [5.74, 6) is 1.02. The molecular weight excluding hydrogens is 278 g/mol. The van der Waals surface area contributed by atoms with Crippen LogP contribution in [0, 0.1) is 23.2 Å². The summed E-state index contributed by atoms with van der Waals surface area (Å²) in [4.78, 5) is 1.38. The van der Waals surface area contributed by atoms with E-state index in [0.29, 0.717) is 5.92 Å². The van der Waals surface area contributed by atoms with Gasteiger partial charge in [0.2, 0.25) is 0 Å². The van der Waals surface area contributed by atoms with Crippen LogP contribution in [0.1, 0.15) is 62.7 Å².